The molecule has 1 fully saturated rings. The highest BCUT2D eigenvalue weighted by Gasteiger charge is 2.28. The second-order valence-corrected chi connectivity index (χ2v) is 5.48. The largest absolute Gasteiger partial charge is 0.383 e. The Morgan fingerprint density at radius 3 is 2.79 bits per heavy atom. The Balaban J connectivity index is 2.30. The van der Waals surface area contributed by atoms with Gasteiger partial charge in [-0.1, -0.05) is 20.3 Å². The maximum atomic E-state index is 5.13. The average molecular weight is 199 g/mol. The summed E-state index contributed by atoms with van der Waals surface area (Å²) in [5.41, 5.74) is 0.530. The third kappa shape index (κ3) is 3.97. The molecule has 1 aliphatic rings. The first-order valence-electron chi connectivity index (χ1n) is 5.78. The maximum Gasteiger partial charge on any atom is 0.0613 e. The van der Waals surface area contributed by atoms with Crippen molar-refractivity contribution >= 4 is 0 Å². The zero-order valence-corrected chi connectivity index (χ0v) is 10.1. The summed E-state index contributed by atoms with van der Waals surface area (Å²) in [6, 6.07) is 1.18. The van der Waals surface area contributed by atoms with Crippen LogP contribution in [0.1, 0.15) is 46.5 Å². The van der Waals surface area contributed by atoms with E-state index in [1.165, 1.54) is 25.7 Å². The van der Waals surface area contributed by atoms with Crippen LogP contribution in [0.15, 0.2) is 0 Å². The van der Waals surface area contributed by atoms with Gasteiger partial charge in [-0.15, -0.1) is 0 Å². The van der Waals surface area contributed by atoms with E-state index in [1.807, 2.05) is 0 Å². The van der Waals surface area contributed by atoms with Crippen LogP contribution in [0.5, 0.6) is 0 Å². The van der Waals surface area contributed by atoms with Crippen LogP contribution in [-0.4, -0.2) is 25.8 Å². The summed E-state index contributed by atoms with van der Waals surface area (Å²) in [7, 11) is 1.77. The zero-order valence-electron chi connectivity index (χ0n) is 10.1. The van der Waals surface area contributed by atoms with Crippen LogP contribution in [0.3, 0.4) is 0 Å². The van der Waals surface area contributed by atoms with Crippen molar-refractivity contribution in [2.45, 2.75) is 58.5 Å². The fourth-order valence-corrected chi connectivity index (χ4v) is 2.54. The molecule has 0 aromatic rings. The maximum absolute atomic E-state index is 5.13. The summed E-state index contributed by atoms with van der Waals surface area (Å²) >= 11 is 0. The van der Waals surface area contributed by atoms with Crippen LogP contribution < -0.4 is 5.32 Å². The first-order valence-corrected chi connectivity index (χ1v) is 5.78. The molecule has 0 aromatic heterocycles. The standard InChI is InChI=1S/C12H25NO/c1-10(9-14-4)13-11-6-5-7-12(2,3)8-11/h10-11,13H,5-9H2,1-4H3/t10-,11+/m0/s1. The minimum Gasteiger partial charge on any atom is -0.383 e. The summed E-state index contributed by atoms with van der Waals surface area (Å²) in [6.45, 7) is 7.77. The van der Waals surface area contributed by atoms with Crippen molar-refractivity contribution in [3.8, 4) is 0 Å². The number of rotatable bonds is 4. The predicted octanol–water partition coefficient (Wildman–Crippen LogP) is 2.58. The van der Waals surface area contributed by atoms with Crippen molar-refractivity contribution in [2.75, 3.05) is 13.7 Å². The molecule has 1 N–H and O–H groups in total. The molecule has 0 bridgehead atoms. The number of hydrogen-bond donors (Lipinski definition) is 1. The molecular formula is C12H25NO. The number of ether oxygens (including phenoxy) is 1. The van der Waals surface area contributed by atoms with E-state index in [9.17, 15) is 0 Å². The molecule has 0 amide bonds. The molecule has 0 aromatic carbocycles. The van der Waals surface area contributed by atoms with Gasteiger partial charge >= 0.3 is 0 Å². The van der Waals surface area contributed by atoms with Gasteiger partial charge in [0.2, 0.25) is 0 Å². The fourth-order valence-electron chi connectivity index (χ4n) is 2.54. The van der Waals surface area contributed by atoms with Gasteiger partial charge in [0.1, 0.15) is 0 Å². The normalized spacial score (nSPS) is 28.7. The highest BCUT2D eigenvalue weighted by atomic mass is 16.5. The van der Waals surface area contributed by atoms with Crippen molar-refractivity contribution in [1.29, 1.82) is 0 Å². The first kappa shape index (κ1) is 12.0. The second-order valence-electron chi connectivity index (χ2n) is 5.48. The first-order chi connectivity index (χ1) is 6.53. The lowest BCUT2D eigenvalue weighted by molar-refractivity contribution is 0.142. The number of nitrogens with one attached hydrogen (secondary N) is 1. The van der Waals surface area contributed by atoms with E-state index < -0.39 is 0 Å². The van der Waals surface area contributed by atoms with Crippen LogP contribution in [-0.2, 0) is 4.74 Å². The molecule has 2 atom stereocenters. The average Bonchev–Trinajstić information content (AvgIpc) is 2.02. The molecule has 0 saturated heterocycles. The predicted molar refractivity (Wildman–Crippen MR) is 60.5 cm³/mol. The molecule has 14 heavy (non-hydrogen) atoms. The topological polar surface area (TPSA) is 21.3 Å². The van der Waals surface area contributed by atoms with Gasteiger partial charge in [0, 0.05) is 19.2 Å². The molecule has 1 rings (SSSR count). The lowest BCUT2D eigenvalue weighted by Gasteiger charge is -2.37. The van der Waals surface area contributed by atoms with E-state index in [0.717, 1.165) is 6.61 Å². The van der Waals surface area contributed by atoms with E-state index in [1.54, 1.807) is 7.11 Å². The Labute approximate surface area is 88.4 Å². The highest BCUT2D eigenvalue weighted by molar-refractivity contribution is 4.84. The molecule has 0 radical (unpaired) electrons. The van der Waals surface area contributed by atoms with E-state index in [4.69, 9.17) is 4.74 Å². The van der Waals surface area contributed by atoms with E-state index >= 15 is 0 Å². The minimum atomic E-state index is 0.485. The van der Waals surface area contributed by atoms with Crippen LogP contribution in [0.2, 0.25) is 0 Å². The zero-order chi connectivity index (χ0) is 10.6. The van der Waals surface area contributed by atoms with Gasteiger partial charge in [-0.05, 0) is 31.6 Å². The molecule has 1 saturated carbocycles. The molecule has 0 heterocycles. The summed E-state index contributed by atoms with van der Waals surface area (Å²) in [6.07, 6.45) is 5.38. The molecule has 1 aliphatic carbocycles. The van der Waals surface area contributed by atoms with Gasteiger partial charge in [-0.2, -0.15) is 0 Å². The monoisotopic (exact) mass is 199 g/mol. The van der Waals surface area contributed by atoms with Crippen LogP contribution >= 0.6 is 0 Å². The van der Waals surface area contributed by atoms with Gasteiger partial charge in [-0.25, -0.2) is 0 Å². The van der Waals surface area contributed by atoms with Crippen LogP contribution in [0, 0.1) is 5.41 Å². The second kappa shape index (κ2) is 5.13. The SMILES string of the molecule is COC[C@H](C)N[C@@H]1CCCC(C)(C)C1. The van der Waals surface area contributed by atoms with Crippen LogP contribution in [0.25, 0.3) is 0 Å². The van der Waals surface area contributed by atoms with Gasteiger partial charge in [-0.3, -0.25) is 0 Å². The molecule has 0 spiro atoms. The van der Waals surface area contributed by atoms with Gasteiger partial charge < -0.3 is 10.1 Å². The van der Waals surface area contributed by atoms with Gasteiger partial charge in [0.25, 0.3) is 0 Å². The summed E-state index contributed by atoms with van der Waals surface area (Å²) in [5.74, 6) is 0. The number of hydrogen-bond acceptors (Lipinski definition) is 2. The van der Waals surface area contributed by atoms with Gasteiger partial charge in [0.05, 0.1) is 6.61 Å². The van der Waals surface area contributed by atoms with Crippen molar-refractivity contribution < 1.29 is 4.74 Å². The third-order valence-corrected chi connectivity index (χ3v) is 3.14. The van der Waals surface area contributed by atoms with E-state index in [2.05, 4.69) is 26.1 Å². The summed E-state index contributed by atoms with van der Waals surface area (Å²) < 4.78 is 5.13. The third-order valence-electron chi connectivity index (χ3n) is 3.14. The quantitative estimate of drug-likeness (QED) is 0.751. The molecular weight excluding hydrogens is 174 g/mol. The Kier molecular flexibility index (Phi) is 4.39. The van der Waals surface area contributed by atoms with Crippen LogP contribution in [0.4, 0.5) is 0 Å². The fraction of sp³-hybridized carbons (Fsp3) is 1.00. The Bertz CT molecular complexity index is 168. The number of methoxy groups -OCH3 is 1. The lowest BCUT2D eigenvalue weighted by atomic mass is 9.75. The Hall–Kier alpha value is -0.0800. The van der Waals surface area contributed by atoms with Crippen molar-refractivity contribution in [1.82, 2.24) is 5.32 Å². The summed E-state index contributed by atoms with van der Waals surface area (Å²) in [5, 5.41) is 3.65. The van der Waals surface area contributed by atoms with E-state index in [-0.39, 0.29) is 0 Å². The summed E-state index contributed by atoms with van der Waals surface area (Å²) in [4.78, 5) is 0. The Morgan fingerprint density at radius 2 is 2.21 bits per heavy atom. The Morgan fingerprint density at radius 1 is 1.50 bits per heavy atom. The molecule has 84 valence electrons. The molecule has 0 unspecified atom stereocenters. The highest BCUT2D eigenvalue weighted by Crippen LogP contribution is 2.35. The van der Waals surface area contributed by atoms with E-state index in [0.29, 0.717) is 17.5 Å². The molecule has 0 aliphatic heterocycles. The molecule has 2 heteroatoms. The van der Waals surface area contributed by atoms with Crippen molar-refractivity contribution in [3.63, 3.8) is 0 Å². The molecule has 2 nitrogen and oxygen atoms in total. The van der Waals surface area contributed by atoms with Gasteiger partial charge in [0.15, 0.2) is 0 Å². The van der Waals surface area contributed by atoms with Crippen molar-refractivity contribution in [3.05, 3.63) is 0 Å². The van der Waals surface area contributed by atoms with Crippen molar-refractivity contribution in [2.24, 2.45) is 5.41 Å². The minimum absolute atomic E-state index is 0.485. The lowest BCUT2D eigenvalue weighted by Crippen LogP contribution is -2.43. The smallest absolute Gasteiger partial charge is 0.0613 e.